The van der Waals surface area contributed by atoms with Gasteiger partial charge in [0.2, 0.25) is 0 Å². The maximum atomic E-state index is 13.3. The highest BCUT2D eigenvalue weighted by molar-refractivity contribution is 5.96. The van der Waals surface area contributed by atoms with E-state index in [-0.39, 0.29) is 16.5 Å². The molecule has 22 heavy (non-hydrogen) atoms. The van der Waals surface area contributed by atoms with Crippen molar-refractivity contribution in [2.45, 2.75) is 32.6 Å². The average molecular weight is 307 g/mol. The number of hydrogen-bond donors (Lipinski definition) is 2. The van der Waals surface area contributed by atoms with Gasteiger partial charge in [-0.2, -0.15) is 0 Å². The zero-order valence-corrected chi connectivity index (χ0v) is 12.3. The number of carbonyl (C=O) groups excluding carboxylic acids is 1. The summed E-state index contributed by atoms with van der Waals surface area (Å²) in [6.45, 7) is 2.57. The van der Waals surface area contributed by atoms with Gasteiger partial charge in [0.1, 0.15) is 11.1 Å². The van der Waals surface area contributed by atoms with Crippen LogP contribution in [0.4, 0.5) is 4.39 Å². The van der Waals surface area contributed by atoms with E-state index < -0.39 is 23.1 Å². The first-order valence-electron chi connectivity index (χ1n) is 7.27. The Labute approximate surface area is 126 Å². The van der Waals surface area contributed by atoms with Crippen LogP contribution in [0.15, 0.2) is 27.4 Å². The van der Waals surface area contributed by atoms with Crippen molar-refractivity contribution in [2.24, 2.45) is 0 Å². The molecule has 0 radical (unpaired) electrons. The third-order valence-corrected chi connectivity index (χ3v) is 3.36. The maximum absolute atomic E-state index is 13.3. The van der Waals surface area contributed by atoms with Gasteiger partial charge in [0.25, 0.3) is 5.91 Å². The summed E-state index contributed by atoms with van der Waals surface area (Å²) in [6, 6.07) is 3.30. The summed E-state index contributed by atoms with van der Waals surface area (Å²) in [7, 11) is 0. The molecule has 1 heterocycles. The summed E-state index contributed by atoms with van der Waals surface area (Å²) in [5.74, 6) is -1.99. The number of phenols is 1. The van der Waals surface area contributed by atoms with Crippen molar-refractivity contribution >= 4 is 16.9 Å². The second-order valence-corrected chi connectivity index (χ2v) is 5.11. The lowest BCUT2D eigenvalue weighted by atomic mass is 10.1. The van der Waals surface area contributed by atoms with Gasteiger partial charge in [-0.3, -0.25) is 4.79 Å². The van der Waals surface area contributed by atoms with E-state index in [0.717, 1.165) is 37.8 Å². The lowest BCUT2D eigenvalue weighted by molar-refractivity contribution is 0.0949. The second-order valence-electron chi connectivity index (χ2n) is 5.11. The molecule has 1 aromatic carbocycles. The van der Waals surface area contributed by atoms with Crippen LogP contribution in [0.1, 0.15) is 43.0 Å². The van der Waals surface area contributed by atoms with E-state index >= 15 is 0 Å². The zero-order chi connectivity index (χ0) is 16.1. The predicted octanol–water partition coefficient (Wildman–Crippen LogP) is 2.95. The second kappa shape index (κ2) is 7.06. The third kappa shape index (κ3) is 3.63. The van der Waals surface area contributed by atoms with Crippen LogP contribution in [0, 0.1) is 5.82 Å². The summed E-state index contributed by atoms with van der Waals surface area (Å²) in [4.78, 5) is 23.8. The van der Waals surface area contributed by atoms with E-state index in [9.17, 15) is 19.1 Å². The van der Waals surface area contributed by atoms with Crippen molar-refractivity contribution in [1.82, 2.24) is 5.32 Å². The van der Waals surface area contributed by atoms with Crippen LogP contribution >= 0.6 is 0 Å². The molecule has 1 amide bonds. The molecule has 0 saturated carbocycles. The molecule has 0 atom stereocenters. The first-order chi connectivity index (χ1) is 10.5. The number of carbonyl (C=O) groups is 1. The molecular formula is C16H18FNO4. The Bertz CT molecular complexity index is 739. The molecular weight excluding hydrogens is 289 g/mol. The van der Waals surface area contributed by atoms with Crippen molar-refractivity contribution < 1.29 is 18.7 Å². The van der Waals surface area contributed by atoms with Crippen LogP contribution in [-0.2, 0) is 0 Å². The van der Waals surface area contributed by atoms with Gasteiger partial charge in [0.15, 0.2) is 11.6 Å². The van der Waals surface area contributed by atoms with Crippen molar-refractivity contribution in [3.8, 4) is 5.75 Å². The first kappa shape index (κ1) is 16.0. The first-order valence-corrected chi connectivity index (χ1v) is 7.27. The van der Waals surface area contributed by atoms with Gasteiger partial charge in [0.05, 0.1) is 0 Å². The molecule has 0 aliphatic heterocycles. The van der Waals surface area contributed by atoms with Crippen LogP contribution in [0.2, 0.25) is 0 Å². The molecule has 0 spiro atoms. The van der Waals surface area contributed by atoms with E-state index in [1.165, 1.54) is 6.07 Å². The van der Waals surface area contributed by atoms with E-state index in [1.54, 1.807) is 0 Å². The monoisotopic (exact) mass is 307 g/mol. The molecule has 5 nitrogen and oxygen atoms in total. The number of nitrogens with one attached hydrogen (secondary N) is 1. The minimum Gasteiger partial charge on any atom is -0.505 e. The Morgan fingerprint density at radius 1 is 1.27 bits per heavy atom. The minimum atomic E-state index is -0.840. The number of unbranched alkanes of at least 4 members (excludes halogenated alkanes) is 3. The lowest BCUT2D eigenvalue weighted by Crippen LogP contribution is -2.29. The number of benzene rings is 1. The molecule has 2 aromatic rings. The summed E-state index contributed by atoms with van der Waals surface area (Å²) in [5.41, 5.74) is -0.957. The predicted molar refractivity (Wildman–Crippen MR) is 80.6 cm³/mol. The fraction of sp³-hybridized carbons (Fsp3) is 0.375. The standard InChI is InChI=1S/C16H18FNO4/c1-2-3-4-5-6-18-15(20)11-7-10-8-12(17)13(19)9-14(10)22-16(11)21/h7-9,19H,2-6H2,1H3,(H,18,20). The van der Waals surface area contributed by atoms with Gasteiger partial charge >= 0.3 is 5.63 Å². The number of rotatable bonds is 6. The van der Waals surface area contributed by atoms with Gasteiger partial charge in [-0.15, -0.1) is 0 Å². The number of hydrogen-bond acceptors (Lipinski definition) is 4. The molecule has 0 bridgehead atoms. The summed E-state index contributed by atoms with van der Waals surface area (Å²) >= 11 is 0. The smallest absolute Gasteiger partial charge is 0.349 e. The highest BCUT2D eigenvalue weighted by Gasteiger charge is 2.14. The molecule has 0 aliphatic carbocycles. The number of phenolic OH excluding ortho intramolecular Hbond substituents is 1. The van der Waals surface area contributed by atoms with Crippen molar-refractivity contribution in [3.63, 3.8) is 0 Å². The molecule has 2 rings (SSSR count). The number of aromatic hydroxyl groups is 1. The average Bonchev–Trinajstić information content (AvgIpc) is 2.48. The van der Waals surface area contributed by atoms with E-state index in [4.69, 9.17) is 4.42 Å². The fourth-order valence-corrected chi connectivity index (χ4v) is 2.14. The van der Waals surface area contributed by atoms with E-state index in [2.05, 4.69) is 12.2 Å². The Hall–Kier alpha value is -2.37. The van der Waals surface area contributed by atoms with Gasteiger partial charge in [-0.1, -0.05) is 26.2 Å². The highest BCUT2D eigenvalue weighted by atomic mass is 19.1. The largest absolute Gasteiger partial charge is 0.505 e. The maximum Gasteiger partial charge on any atom is 0.349 e. The molecule has 0 saturated heterocycles. The number of fused-ring (bicyclic) bond motifs is 1. The third-order valence-electron chi connectivity index (χ3n) is 3.36. The Morgan fingerprint density at radius 3 is 2.77 bits per heavy atom. The quantitative estimate of drug-likeness (QED) is 0.635. The van der Waals surface area contributed by atoms with Crippen LogP contribution in [0.25, 0.3) is 11.0 Å². The van der Waals surface area contributed by atoms with Crippen LogP contribution < -0.4 is 10.9 Å². The van der Waals surface area contributed by atoms with Gasteiger partial charge in [-0.25, -0.2) is 9.18 Å². The Kier molecular flexibility index (Phi) is 5.14. The van der Waals surface area contributed by atoms with Crippen molar-refractivity contribution in [2.75, 3.05) is 6.54 Å². The minimum absolute atomic E-state index is 0.0309. The van der Waals surface area contributed by atoms with Gasteiger partial charge < -0.3 is 14.8 Å². The molecule has 2 N–H and O–H groups in total. The lowest BCUT2D eigenvalue weighted by Gasteiger charge is -2.05. The number of halogens is 1. The van der Waals surface area contributed by atoms with E-state index in [0.29, 0.717) is 6.54 Å². The summed E-state index contributed by atoms with van der Waals surface area (Å²) < 4.78 is 18.3. The normalized spacial score (nSPS) is 10.8. The molecule has 0 fully saturated rings. The molecule has 118 valence electrons. The Balaban J connectivity index is 2.17. The SMILES string of the molecule is CCCCCCNC(=O)c1cc2cc(F)c(O)cc2oc1=O. The van der Waals surface area contributed by atoms with Crippen LogP contribution in [0.5, 0.6) is 5.75 Å². The topological polar surface area (TPSA) is 79.5 Å². The fourth-order valence-electron chi connectivity index (χ4n) is 2.14. The van der Waals surface area contributed by atoms with Crippen LogP contribution in [0.3, 0.4) is 0 Å². The van der Waals surface area contributed by atoms with Gasteiger partial charge in [-0.05, 0) is 18.6 Å². The summed E-state index contributed by atoms with van der Waals surface area (Å²) in [6.07, 6.45) is 4.03. The summed E-state index contributed by atoms with van der Waals surface area (Å²) in [5, 5.41) is 12.1. The molecule has 1 aromatic heterocycles. The highest BCUT2D eigenvalue weighted by Crippen LogP contribution is 2.23. The Morgan fingerprint density at radius 2 is 2.05 bits per heavy atom. The number of amides is 1. The molecule has 0 unspecified atom stereocenters. The van der Waals surface area contributed by atoms with Crippen LogP contribution in [-0.4, -0.2) is 17.6 Å². The van der Waals surface area contributed by atoms with E-state index in [1.807, 2.05) is 0 Å². The molecule has 0 aliphatic rings. The van der Waals surface area contributed by atoms with Gasteiger partial charge in [0, 0.05) is 18.0 Å². The van der Waals surface area contributed by atoms with Crippen molar-refractivity contribution in [1.29, 1.82) is 0 Å². The zero-order valence-electron chi connectivity index (χ0n) is 12.3. The molecule has 6 heteroatoms. The van der Waals surface area contributed by atoms with Crippen molar-refractivity contribution in [3.05, 3.63) is 40.0 Å².